The van der Waals surface area contributed by atoms with Crippen molar-refractivity contribution < 1.29 is 0 Å². The molecule has 0 saturated carbocycles. The monoisotopic (exact) mass is 701 g/mol. The number of fused-ring (bicyclic) bond motifs is 3. The first kappa shape index (κ1) is 32.3. The second-order valence-corrected chi connectivity index (χ2v) is 13.8. The molecule has 10 aromatic rings. The predicted octanol–water partition coefficient (Wildman–Crippen LogP) is 13.6. The van der Waals surface area contributed by atoms with Crippen LogP contribution >= 0.6 is 0 Å². The molecule has 8 aromatic carbocycles. The minimum absolute atomic E-state index is 0.684. The molecular weight excluding hydrogens is 667 g/mol. The Morgan fingerprint density at radius 2 is 0.727 bits per heavy atom. The summed E-state index contributed by atoms with van der Waals surface area (Å²) in [7, 11) is 0. The van der Waals surface area contributed by atoms with E-state index in [1.807, 2.05) is 0 Å². The summed E-state index contributed by atoms with van der Waals surface area (Å²) in [6.07, 6.45) is 0. The molecule has 0 fully saturated rings. The predicted molar refractivity (Wildman–Crippen MR) is 229 cm³/mol. The van der Waals surface area contributed by atoms with Crippen LogP contribution in [0.5, 0.6) is 0 Å². The first-order chi connectivity index (χ1) is 27.3. The van der Waals surface area contributed by atoms with Crippen LogP contribution in [0, 0.1) is 0 Å². The molecule has 0 radical (unpaired) electrons. The van der Waals surface area contributed by atoms with Crippen molar-refractivity contribution in [2.24, 2.45) is 0 Å². The summed E-state index contributed by atoms with van der Waals surface area (Å²) < 4.78 is 2.27. The molecule has 0 atom stereocenters. The van der Waals surface area contributed by atoms with Gasteiger partial charge in [-0.3, -0.25) is 4.57 Å². The van der Waals surface area contributed by atoms with E-state index >= 15 is 0 Å². The van der Waals surface area contributed by atoms with Gasteiger partial charge in [0.2, 0.25) is 0 Å². The third-order valence-corrected chi connectivity index (χ3v) is 10.4. The van der Waals surface area contributed by atoms with Crippen LogP contribution in [0.1, 0.15) is 0 Å². The van der Waals surface area contributed by atoms with Crippen molar-refractivity contribution in [1.29, 1.82) is 0 Å². The van der Waals surface area contributed by atoms with E-state index < -0.39 is 0 Å². The van der Waals surface area contributed by atoms with Crippen LogP contribution < -0.4 is 0 Å². The molecule has 0 saturated heterocycles. The van der Waals surface area contributed by atoms with Gasteiger partial charge in [0, 0.05) is 22.2 Å². The molecule has 3 heteroatoms. The van der Waals surface area contributed by atoms with Crippen molar-refractivity contribution in [2.75, 3.05) is 0 Å². The second-order valence-electron chi connectivity index (χ2n) is 13.8. The van der Waals surface area contributed by atoms with Crippen molar-refractivity contribution in [3.05, 3.63) is 212 Å². The van der Waals surface area contributed by atoms with Gasteiger partial charge in [-0.2, -0.15) is 0 Å². The number of nitrogens with zero attached hydrogens (tertiary/aromatic N) is 3. The van der Waals surface area contributed by atoms with Gasteiger partial charge in [0.25, 0.3) is 0 Å². The smallest absolute Gasteiger partial charge is 0.162 e. The van der Waals surface area contributed by atoms with E-state index in [4.69, 9.17) is 9.97 Å². The molecule has 0 unspecified atom stereocenters. The Morgan fingerprint density at radius 3 is 1.33 bits per heavy atom. The number of rotatable bonds is 7. The number of aromatic nitrogens is 3. The zero-order valence-electron chi connectivity index (χ0n) is 30.0. The lowest BCUT2D eigenvalue weighted by molar-refractivity contribution is 1.11. The maximum absolute atomic E-state index is 5.41. The lowest BCUT2D eigenvalue weighted by atomic mass is 9.96. The quantitative estimate of drug-likeness (QED) is 0.166. The van der Waals surface area contributed by atoms with E-state index in [9.17, 15) is 0 Å². The Bertz CT molecular complexity index is 2930. The number of hydrogen-bond acceptors (Lipinski definition) is 2. The van der Waals surface area contributed by atoms with Crippen LogP contribution in [-0.2, 0) is 0 Å². The molecule has 258 valence electrons. The van der Waals surface area contributed by atoms with E-state index in [1.54, 1.807) is 0 Å². The molecule has 10 rings (SSSR count). The Hall–Kier alpha value is -7.36. The summed E-state index contributed by atoms with van der Waals surface area (Å²) in [5.41, 5.74) is 15.4. The van der Waals surface area contributed by atoms with Gasteiger partial charge >= 0.3 is 0 Å². The Balaban J connectivity index is 1.10. The molecule has 2 heterocycles. The Morgan fingerprint density at radius 1 is 0.309 bits per heavy atom. The standard InChI is InChI=1S/C52H35N3/c1-4-14-36(15-5-1)38-26-28-40(29-27-38)42-18-12-19-43(34-42)44-20-13-21-45(35-44)51-53-50(41-32-30-39(31-33-41)37-16-6-2-7-17-37)49-47-24-10-11-25-48(47)55(52(49)54-51)46-22-8-3-9-23-46/h1-35H. The third kappa shape index (κ3) is 6.08. The van der Waals surface area contributed by atoms with Gasteiger partial charge in [0.1, 0.15) is 5.65 Å². The lowest BCUT2D eigenvalue weighted by Crippen LogP contribution is -1.99. The first-order valence-corrected chi connectivity index (χ1v) is 18.7. The van der Waals surface area contributed by atoms with Gasteiger partial charge in [0.05, 0.1) is 16.6 Å². The zero-order chi connectivity index (χ0) is 36.6. The zero-order valence-corrected chi connectivity index (χ0v) is 30.0. The van der Waals surface area contributed by atoms with Gasteiger partial charge in [0.15, 0.2) is 5.82 Å². The van der Waals surface area contributed by atoms with Gasteiger partial charge < -0.3 is 0 Å². The maximum atomic E-state index is 5.41. The third-order valence-electron chi connectivity index (χ3n) is 10.4. The average molecular weight is 702 g/mol. The minimum atomic E-state index is 0.684. The minimum Gasteiger partial charge on any atom is -0.294 e. The summed E-state index contributed by atoms with van der Waals surface area (Å²) in [5, 5.41) is 2.16. The van der Waals surface area contributed by atoms with Crippen molar-refractivity contribution in [3.63, 3.8) is 0 Å². The lowest BCUT2D eigenvalue weighted by Gasteiger charge is -2.12. The fraction of sp³-hybridized carbons (Fsp3) is 0. The fourth-order valence-electron chi connectivity index (χ4n) is 7.68. The summed E-state index contributed by atoms with van der Waals surface area (Å²) in [6, 6.07) is 75.0. The normalized spacial score (nSPS) is 11.3. The maximum Gasteiger partial charge on any atom is 0.162 e. The molecule has 0 aliphatic carbocycles. The molecule has 0 bridgehead atoms. The molecule has 55 heavy (non-hydrogen) atoms. The summed E-state index contributed by atoms with van der Waals surface area (Å²) in [4.78, 5) is 10.8. The van der Waals surface area contributed by atoms with Crippen molar-refractivity contribution in [3.8, 4) is 72.8 Å². The van der Waals surface area contributed by atoms with Gasteiger partial charge in [-0.15, -0.1) is 0 Å². The highest BCUT2D eigenvalue weighted by atomic mass is 15.1. The van der Waals surface area contributed by atoms with E-state index in [0.29, 0.717) is 5.82 Å². The van der Waals surface area contributed by atoms with Crippen molar-refractivity contribution in [2.45, 2.75) is 0 Å². The topological polar surface area (TPSA) is 30.7 Å². The highest BCUT2D eigenvalue weighted by Crippen LogP contribution is 2.39. The highest BCUT2D eigenvalue weighted by molar-refractivity contribution is 6.14. The van der Waals surface area contributed by atoms with Gasteiger partial charge in [-0.1, -0.05) is 182 Å². The average Bonchev–Trinajstić information content (AvgIpc) is 3.61. The number of para-hydroxylation sites is 2. The van der Waals surface area contributed by atoms with Crippen LogP contribution in [0.3, 0.4) is 0 Å². The van der Waals surface area contributed by atoms with Crippen LogP contribution in [0.25, 0.3) is 94.8 Å². The van der Waals surface area contributed by atoms with Crippen LogP contribution in [-0.4, -0.2) is 14.5 Å². The summed E-state index contributed by atoms with van der Waals surface area (Å²) in [6.45, 7) is 0. The van der Waals surface area contributed by atoms with E-state index in [2.05, 4.69) is 217 Å². The van der Waals surface area contributed by atoms with Crippen molar-refractivity contribution in [1.82, 2.24) is 14.5 Å². The van der Waals surface area contributed by atoms with E-state index in [1.165, 1.54) is 33.4 Å². The summed E-state index contributed by atoms with van der Waals surface area (Å²) >= 11 is 0. The first-order valence-electron chi connectivity index (χ1n) is 18.7. The molecular formula is C52H35N3. The molecule has 0 amide bonds. The van der Waals surface area contributed by atoms with Gasteiger partial charge in [-0.05, 0) is 74.8 Å². The van der Waals surface area contributed by atoms with Crippen LogP contribution in [0.2, 0.25) is 0 Å². The molecule has 0 spiro atoms. The molecule has 0 N–H and O–H groups in total. The van der Waals surface area contributed by atoms with Crippen molar-refractivity contribution >= 4 is 21.9 Å². The van der Waals surface area contributed by atoms with Gasteiger partial charge in [-0.25, -0.2) is 9.97 Å². The SMILES string of the molecule is c1ccc(-c2ccc(-c3cccc(-c4cccc(-c5nc(-c6ccc(-c7ccccc7)cc6)c6c7ccccc7n(-c7ccccc7)c6n5)c4)c3)cc2)cc1. The molecule has 2 aromatic heterocycles. The number of benzene rings is 8. The molecule has 0 aliphatic rings. The fourth-order valence-corrected chi connectivity index (χ4v) is 7.68. The molecule has 3 nitrogen and oxygen atoms in total. The second kappa shape index (κ2) is 13.9. The summed E-state index contributed by atoms with van der Waals surface area (Å²) in [5.74, 6) is 0.684. The van der Waals surface area contributed by atoms with Crippen LogP contribution in [0.4, 0.5) is 0 Å². The van der Waals surface area contributed by atoms with E-state index in [-0.39, 0.29) is 0 Å². The highest BCUT2D eigenvalue weighted by Gasteiger charge is 2.21. The largest absolute Gasteiger partial charge is 0.294 e. The Labute approximate surface area is 320 Å². The molecule has 0 aliphatic heterocycles. The number of hydrogen-bond donors (Lipinski definition) is 0. The van der Waals surface area contributed by atoms with Crippen LogP contribution in [0.15, 0.2) is 212 Å². The Kier molecular flexibility index (Phi) is 8.16. The van der Waals surface area contributed by atoms with E-state index in [0.717, 1.165) is 55.6 Å².